The minimum absolute atomic E-state index is 0.0172. The zero-order valence-electron chi connectivity index (χ0n) is 16.8. The normalized spacial score (nSPS) is 29.8. The van der Waals surface area contributed by atoms with Crippen LogP contribution in [0, 0.1) is 11.3 Å². The van der Waals surface area contributed by atoms with Crippen LogP contribution in [0.5, 0.6) is 11.5 Å². The van der Waals surface area contributed by atoms with E-state index in [4.69, 9.17) is 4.42 Å². The minimum Gasteiger partial charge on any atom is -0.504 e. The number of phenols is 2. The van der Waals surface area contributed by atoms with Gasteiger partial charge in [0.1, 0.15) is 16.9 Å². The first-order chi connectivity index (χ1) is 12.8. The third-order valence-corrected chi connectivity index (χ3v) is 7.63. The summed E-state index contributed by atoms with van der Waals surface area (Å²) in [6, 6.07) is 1.61. The van der Waals surface area contributed by atoms with E-state index in [0.717, 1.165) is 36.8 Å². The van der Waals surface area contributed by atoms with Gasteiger partial charge in [-0.15, -0.1) is 0 Å². The van der Waals surface area contributed by atoms with E-state index < -0.39 is 0 Å². The van der Waals surface area contributed by atoms with Gasteiger partial charge in [-0.1, -0.05) is 34.1 Å². The number of hydrogen-bond donors (Lipinski definition) is 2. The van der Waals surface area contributed by atoms with Crippen molar-refractivity contribution in [2.24, 2.45) is 11.3 Å². The molecule has 2 aliphatic rings. The van der Waals surface area contributed by atoms with Crippen LogP contribution in [0.2, 0.25) is 0 Å². The highest BCUT2D eigenvalue weighted by molar-refractivity contribution is 6.01. The Labute approximate surface area is 160 Å². The van der Waals surface area contributed by atoms with Gasteiger partial charge in [-0.3, -0.25) is 4.79 Å². The number of hydrogen-bond acceptors (Lipinski definition) is 4. The Morgan fingerprint density at radius 1 is 1.26 bits per heavy atom. The lowest BCUT2D eigenvalue weighted by Gasteiger charge is -2.52. The molecule has 2 aliphatic carbocycles. The second kappa shape index (κ2) is 6.02. The molecule has 4 heteroatoms. The predicted molar refractivity (Wildman–Crippen MR) is 106 cm³/mol. The molecule has 1 aromatic carbocycles. The van der Waals surface area contributed by atoms with Crippen molar-refractivity contribution in [2.45, 2.75) is 77.6 Å². The van der Waals surface area contributed by atoms with Crippen LogP contribution < -0.4 is 0 Å². The lowest BCUT2D eigenvalue weighted by atomic mass is 9.52. The topological polar surface area (TPSA) is 70.7 Å². The lowest BCUT2D eigenvalue weighted by molar-refractivity contribution is 0.0370. The Morgan fingerprint density at radius 3 is 2.67 bits per heavy atom. The molecule has 2 aromatic rings. The van der Waals surface area contributed by atoms with Gasteiger partial charge in [0.25, 0.3) is 0 Å². The van der Waals surface area contributed by atoms with Crippen molar-refractivity contribution in [1.82, 2.24) is 0 Å². The highest BCUT2D eigenvalue weighted by Crippen LogP contribution is 2.61. The maximum atomic E-state index is 11.7. The van der Waals surface area contributed by atoms with Crippen LogP contribution >= 0.6 is 0 Å². The van der Waals surface area contributed by atoms with Crippen LogP contribution in [0.4, 0.5) is 0 Å². The number of aromatic hydroxyl groups is 2. The van der Waals surface area contributed by atoms with Gasteiger partial charge in [-0.05, 0) is 49.5 Å². The molecule has 2 N–H and O–H groups in total. The van der Waals surface area contributed by atoms with Gasteiger partial charge in [-0.25, -0.2) is 0 Å². The number of benzene rings is 1. The fourth-order valence-corrected chi connectivity index (χ4v) is 6.29. The Hall–Kier alpha value is -1.97. The SMILES string of the molecule is CCC12CCCC(C)(C)C1CCC(C)c1oc3c(C=O)c(O)c(O)cc3c12. The molecule has 4 nitrogen and oxygen atoms in total. The van der Waals surface area contributed by atoms with Crippen LogP contribution in [0.25, 0.3) is 11.0 Å². The van der Waals surface area contributed by atoms with Crippen molar-refractivity contribution >= 4 is 17.3 Å². The zero-order valence-corrected chi connectivity index (χ0v) is 16.8. The molecule has 1 fully saturated rings. The summed E-state index contributed by atoms with van der Waals surface area (Å²) in [6.07, 6.45) is 7.31. The molecule has 27 heavy (non-hydrogen) atoms. The number of fused-ring (bicyclic) bond motifs is 5. The molecule has 1 saturated carbocycles. The largest absolute Gasteiger partial charge is 0.504 e. The monoisotopic (exact) mass is 370 g/mol. The van der Waals surface area contributed by atoms with E-state index in [1.54, 1.807) is 6.07 Å². The molecule has 0 aliphatic heterocycles. The molecule has 0 bridgehead atoms. The smallest absolute Gasteiger partial charge is 0.172 e. The fraction of sp³-hybridized carbons (Fsp3) is 0.609. The summed E-state index contributed by atoms with van der Waals surface area (Å²) in [5, 5.41) is 21.3. The maximum Gasteiger partial charge on any atom is 0.172 e. The molecule has 0 radical (unpaired) electrons. The van der Waals surface area contributed by atoms with Crippen LogP contribution in [0.15, 0.2) is 10.5 Å². The maximum absolute atomic E-state index is 11.7. The van der Waals surface area contributed by atoms with Crippen molar-refractivity contribution in [3.05, 3.63) is 23.0 Å². The standard InChI is InChI=1S/C23H30O4/c1-5-23-10-6-9-22(3,4)17(23)8-7-13(2)20-18(23)14-11-16(25)19(26)15(12-24)21(14)27-20/h11-13,17,25-26H,5-10H2,1-4H3. The molecule has 0 amide bonds. The van der Waals surface area contributed by atoms with Gasteiger partial charge < -0.3 is 14.6 Å². The Balaban J connectivity index is 2.11. The lowest BCUT2D eigenvalue weighted by Crippen LogP contribution is -2.46. The first-order valence-corrected chi connectivity index (χ1v) is 10.2. The molecule has 1 heterocycles. The Kier molecular flexibility index (Phi) is 4.10. The third-order valence-electron chi connectivity index (χ3n) is 7.63. The third kappa shape index (κ3) is 2.38. The summed E-state index contributed by atoms with van der Waals surface area (Å²) in [6.45, 7) is 9.22. The molecule has 3 unspecified atom stereocenters. The molecule has 1 aromatic heterocycles. The number of rotatable bonds is 2. The molecular weight excluding hydrogens is 340 g/mol. The molecule has 146 valence electrons. The van der Waals surface area contributed by atoms with Crippen LogP contribution in [-0.4, -0.2) is 16.5 Å². The highest BCUT2D eigenvalue weighted by atomic mass is 16.3. The summed E-state index contributed by atoms with van der Waals surface area (Å²) in [5.41, 5.74) is 1.89. The molecule has 3 atom stereocenters. The number of carbonyl (C=O) groups excluding carboxylic acids is 1. The second-order valence-electron chi connectivity index (χ2n) is 9.38. The number of carbonyl (C=O) groups is 1. The highest BCUT2D eigenvalue weighted by Gasteiger charge is 2.53. The first-order valence-electron chi connectivity index (χ1n) is 10.2. The number of aldehydes is 1. The number of furan rings is 1. The summed E-state index contributed by atoms with van der Waals surface area (Å²) < 4.78 is 6.28. The first kappa shape index (κ1) is 18.4. The van der Waals surface area contributed by atoms with Gasteiger partial charge in [0.2, 0.25) is 0 Å². The van der Waals surface area contributed by atoms with E-state index in [2.05, 4.69) is 27.7 Å². The van der Waals surface area contributed by atoms with Gasteiger partial charge in [0.05, 0.1) is 0 Å². The van der Waals surface area contributed by atoms with E-state index in [9.17, 15) is 15.0 Å². The molecule has 0 spiro atoms. The summed E-state index contributed by atoms with van der Waals surface area (Å²) in [4.78, 5) is 11.7. The van der Waals surface area contributed by atoms with Crippen LogP contribution in [0.1, 0.15) is 93.8 Å². The second-order valence-corrected chi connectivity index (χ2v) is 9.38. The minimum atomic E-state index is -0.389. The van der Waals surface area contributed by atoms with E-state index in [-0.39, 0.29) is 33.8 Å². The molecule has 4 rings (SSSR count). The average molecular weight is 370 g/mol. The fourth-order valence-electron chi connectivity index (χ4n) is 6.29. The van der Waals surface area contributed by atoms with Crippen molar-refractivity contribution < 1.29 is 19.4 Å². The summed E-state index contributed by atoms with van der Waals surface area (Å²) >= 11 is 0. The van der Waals surface area contributed by atoms with Crippen molar-refractivity contribution in [2.75, 3.05) is 0 Å². The van der Waals surface area contributed by atoms with Crippen molar-refractivity contribution in [3.63, 3.8) is 0 Å². The zero-order chi connectivity index (χ0) is 19.6. The van der Waals surface area contributed by atoms with Gasteiger partial charge in [-0.2, -0.15) is 0 Å². The van der Waals surface area contributed by atoms with Gasteiger partial charge in [0, 0.05) is 22.3 Å². The van der Waals surface area contributed by atoms with Gasteiger partial charge >= 0.3 is 0 Å². The van der Waals surface area contributed by atoms with E-state index in [1.807, 2.05) is 0 Å². The summed E-state index contributed by atoms with van der Waals surface area (Å²) in [7, 11) is 0. The van der Waals surface area contributed by atoms with Crippen molar-refractivity contribution in [3.8, 4) is 11.5 Å². The van der Waals surface area contributed by atoms with Gasteiger partial charge in [0.15, 0.2) is 17.8 Å². The molecular formula is C23H30O4. The molecule has 0 saturated heterocycles. The average Bonchev–Trinajstić information content (AvgIpc) is 2.94. The Morgan fingerprint density at radius 2 is 2.00 bits per heavy atom. The number of phenolic OH excluding ortho intramolecular Hbond substituents is 2. The van der Waals surface area contributed by atoms with Crippen molar-refractivity contribution in [1.29, 1.82) is 0 Å². The van der Waals surface area contributed by atoms with Crippen LogP contribution in [-0.2, 0) is 5.41 Å². The Bertz CT molecular complexity index is 907. The van der Waals surface area contributed by atoms with E-state index in [1.165, 1.54) is 18.4 Å². The summed E-state index contributed by atoms with van der Waals surface area (Å²) in [5.74, 6) is 1.09. The quantitative estimate of drug-likeness (QED) is 0.500. The van der Waals surface area contributed by atoms with E-state index >= 15 is 0 Å². The predicted octanol–water partition coefficient (Wildman–Crippen LogP) is 6.03. The van der Waals surface area contributed by atoms with Crippen LogP contribution in [0.3, 0.4) is 0 Å². The van der Waals surface area contributed by atoms with E-state index in [0.29, 0.717) is 17.8 Å².